The fourth-order valence-corrected chi connectivity index (χ4v) is 5.34. The van der Waals surface area contributed by atoms with E-state index in [1.54, 1.807) is 53.4 Å². The lowest BCUT2D eigenvalue weighted by molar-refractivity contribution is -0.137. The topological polar surface area (TPSA) is 97.8 Å². The van der Waals surface area contributed by atoms with Gasteiger partial charge in [0.15, 0.2) is 5.82 Å². The van der Waals surface area contributed by atoms with Crippen molar-refractivity contribution in [2.75, 3.05) is 32.0 Å². The number of benzene rings is 4. The van der Waals surface area contributed by atoms with E-state index >= 15 is 4.39 Å². The molecule has 0 saturated carbocycles. The number of aryl methyl sites for hydroxylation is 1. The summed E-state index contributed by atoms with van der Waals surface area (Å²) in [6.45, 7) is 1.51. The predicted octanol–water partition coefficient (Wildman–Crippen LogP) is 7.94. The number of nitrogens with two attached hydrogens (primary N) is 1. The minimum atomic E-state index is -5.02. The highest BCUT2D eigenvalue weighted by Gasteiger charge is 2.40. The molecule has 0 bridgehead atoms. The third kappa shape index (κ3) is 6.76. The average Bonchev–Trinajstić information content (AvgIpc) is 3.02. The zero-order valence-corrected chi connectivity index (χ0v) is 25.4. The van der Waals surface area contributed by atoms with E-state index < -0.39 is 56.5 Å². The molecular formula is C33H28ClF4N3O4. The first-order valence-corrected chi connectivity index (χ1v) is 13.7. The zero-order chi connectivity index (χ0) is 33.1. The van der Waals surface area contributed by atoms with E-state index in [0.29, 0.717) is 11.5 Å². The number of rotatable bonds is 9. The van der Waals surface area contributed by atoms with Gasteiger partial charge in [-0.05, 0) is 60.0 Å². The van der Waals surface area contributed by atoms with Crippen LogP contribution in [0.3, 0.4) is 0 Å². The van der Waals surface area contributed by atoms with Crippen molar-refractivity contribution in [3.05, 3.63) is 105 Å². The van der Waals surface area contributed by atoms with Crippen molar-refractivity contribution in [1.82, 2.24) is 0 Å². The molecule has 0 unspecified atom stereocenters. The van der Waals surface area contributed by atoms with Crippen molar-refractivity contribution in [2.45, 2.75) is 26.2 Å². The Labute approximate surface area is 262 Å². The molecule has 0 aliphatic rings. The molecule has 12 heteroatoms. The number of alkyl halides is 3. The number of nitrogen functional groups attached to an aromatic ring is 1. The maximum absolute atomic E-state index is 16.0. The SMILES string of the molecule is COC(=O)c1cc(Cl)c(-c2c(C#N)c(N(Cc3ccc(OC)cc3)Cc3ccc(OC)cc3)cc(C)c2C(F)(F)F)c(F)c1N. The molecule has 234 valence electrons. The lowest BCUT2D eigenvalue weighted by atomic mass is 9.88. The van der Waals surface area contributed by atoms with Gasteiger partial charge in [-0.2, -0.15) is 18.4 Å². The van der Waals surface area contributed by atoms with E-state index in [1.165, 1.54) is 27.2 Å². The van der Waals surface area contributed by atoms with E-state index in [4.69, 9.17) is 26.8 Å². The van der Waals surface area contributed by atoms with Gasteiger partial charge < -0.3 is 24.8 Å². The Hall–Kier alpha value is -4.95. The Morgan fingerprint density at radius 3 is 1.87 bits per heavy atom. The van der Waals surface area contributed by atoms with Crippen molar-refractivity contribution >= 4 is 28.9 Å². The molecule has 0 aliphatic heterocycles. The monoisotopic (exact) mass is 641 g/mol. The molecule has 0 aliphatic carbocycles. The third-order valence-electron chi connectivity index (χ3n) is 7.22. The Bertz CT molecular complexity index is 1720. The highest BCUT2D eigenvalue weighted by atomic mass is 35.5. The minimum Gasteiger partial charge on any atom is -0.497 e. The number of esters is 1. The largest absolute Gasteiger partial charge is 0.497 e. The van der Waals surface area contributed by atoms with Gasteiger partial charge in [0, 0.05) is 24.2 Å². The summed E-state index contributed by atoms with van der Waals surface area (Å²) in [6, 6.07) is 18.1. The van der Waals surface area contributed by atoms with Crippen LogP contribution in [0.15, 0.2) is 60.7 Å². The summed E-state index contributed by atoms with van der Waals surface area (Å²) in [6.07, 6.45) is -5.02. The lowest BCUT2D eigenvalue weighted by Crippen LogP contribution is -2.25. The molecule has 0 heterocycles. The van der Waals surface area contributed by atoms with Crippen LogP contribution < -0.4 is 20.1 Å². The summed E-state index contributed by atoms with van der Waals surface area (Å²) in [4.78, 5) is 13.9. The van der Waals surface area contributed by atoms with Crippen LogP contribution in [0.2, 0.25) is 5.02 Å². The molecule has 2 N–H and O–H groups in total. The molecule has 0 atom stereocenters. The van der Waals surface area contributed by atoms with Gasteiger partial charge in [0.05, 0.1) is 54.4 Å². The molecule has 0 amide bonds. The van der Waals surface area contributed by atoms with Crippen LogP contribution in [0, 0.1) is 24.1 Å². The molecule has 4 aromatic rings. The normalized spacial score (nSPS) is 11.1. The first-order chi connectivity index (χ1) is 21.3. The second-order valence-corrected chi connectivity index (χ2v) is 10.4. The van der Waals surface area contributed by atoms with Crippen LogP contribution in [-0.2, 0) is 24.0 Å². The van der Waals surface area contributed by atoms with E-state index in [-0.39, 0.29) is 24.3 Å². The maximum Gasteiger partial charge on any atom is 0.417 e. The van der Waals surface area contributed by atoms with Crippen LogP contribution >= 0.6 is 11.6 Å². The first-order valence-electron chi connectivity index (χ1n) is 13.4. The molecule has 0 aromatic heterocycles. The third-order valence-corrected chi connectivity index (χ3v) is 7.51. The molecule has 45 heavy (non-hydrogen) atoms. The number of hydrogen-bond acceptors (Lipinski definition) is 7. The summed E-state index contributed by atoms with van der Waals surface area (Å²) < 4.78 is 75.1. The highest BCUT2D eigenvalue weighted by Crippen LogP contribution is 2.48. The number of nitrogens with zero attached hydrogens (tertiary/aromatic N) is 2. The summed E-state index contributed by atoms with van der Waals surface area (Å²) in [5.41, 5.74) is 2.65. The van der Waals surface area contributed by atoms with E-state index in [2.05, 4.69) is 4.74 Å². The predicted molar refractivity (Wildman–Crippen MR) is 163 cm³/mol. The smallest absolute Gasteiger partial charge is 0.417 e. The van der Waals surface area contributed by atoms with E-state index in [1.807, 2.05) is 6.07 Å². The number of methoxy groups -OCH3 is 3. The minimum absolute atomic E-state index is 0.0933. The summed E-state index contributed by atoms with van der Waals surface area (Å²) in [5, 5.41) is 9.89. The quantitative estimate of drug-likeness (QED) is 0.113. The van der Waals surface area contributed by atoms with Crippen LogP contribution in [0.5, 0.6) is 11.5 Å². The van der Waals surface area contributed by atoms with Crippen LogP contribution in [-0.4, -0.2) is 27.3 Å². The van der Waals surface area contributed by atoms with Crippen LogP contribution in [0.25, 0.3) is 11.1 Å². The summed E-state index contributed by atoms with van der Waals surface area (Å²) >= 11 is 6.38. The van der Waals surface area contributed by atoms with Gasteiger partial charge in [0.2, 0.25) is 0 Å². The average molecular weight is 642 g/mol. The van der Waals surface area contributed by atoms with Crippen LogP contribution in [0.4, 0.5) is 28.9 Å². The van der Waals surface area contributed by atoms with Crippen LogP contribution in [0.1, 0.15) is 38.2 Å². The van der Waals surface area contributed by atoms with Gasteiger partial charge in [-0.15, -0.1) is 0 Å². The number of carbonyl (C=O) groups is 1. The van der Waals surface area contributed by atoms with Crippen molar-refractivity contribution in [1.29, 1.82) is 5.26 Å². The second-order valence-electron chi connectivity index (χ2n) is 10.00. The van der Waals surface area contributed by atoms with E-state index in [9.17, 15) is 23.2 Å². The lowest BCUT2D eigenvalue weighted by Gasteiger charge is -2.30. The number of nitriles is 1. The molecular weight excluding hydrogens is 614 g/mol. The van der Waals surface area contributed by atoms with Crippen molar-refractivity contribution in [2.24, 2.45) is 0 Å². The highest BCUT2D eigenvalue weighted by molar-refractivity contribution is 6.34. The van der Waals surface area contributed by atoms with Gasteiger partial charge >= 0.3 is 12.1 Å². The number of anilines is 2. The molecule has 0 saturated heterocycles. The molecule has 4 aromatic carbocycles. The maximum atomic E-state index is 16.0. The summed E-state index contributed by atoms with van der Waals surface area (Å²) in [7, 11) is 4.07. The molecule has 0 spiro atoms. The number of hydrogen-bond donors (Lipinski definition) is 1. The number of halogens is 5. The van der Waals surface area contributed by atoms with Crippen molar-refractivity contribution in [3.8, 4) is 28.7 Å². The number of ether oxygens (including phenoxy) is 3. The molecule has 7 nitrogen and oxygen atoms in total. The Kier molecular flexibility index (Phi) is 9.78. The van der Waals surface area contributed by atoms with Gasteiger partial charge in [-0.3, -0.25) is 0 Å². The first kappa shape index (κ1) is 33.0. The van der Waals surface area contributed by atoms with Crippen molar-refractivity contribution < 1.29 is 36.6 Å². The van der Waals surface area contributed by atoms with Gasteiger partial charge in [0.25, 0.3) is 0 Å². The van der Waals surface area contributed by atoms with E-state index in [0.717, 1.165) is 24.3 Å². The standard InChI is InChI=1S/C33H28ClF4N3O4/c1-18-13-26(41(16-19-5-9-21(43-2)10-6-19)17-20-7-11-22(44-3)12-8-20)24(15-39)27(29(18)33(36,37)38)28-25(34)14-23(32(42)45-4)31(40)30(28)35/h5-14H,16-17,40H2,1-4H3. The van der Waals surface area contributed by atoms with Gasteiger partial charge in [-0.25, -0.2) is 9.18 Å². The Morgan fingerprint density at radius 2 is 1.44 bits per heavy atom. The molecule has 0 fully saturated rings. The number of carbonyl (C=O) groups excluding carboxylic acids is 1. The van der Waals surface area contributed by atoms with Gasteiger partial charge in [0.1, 0.15) is 17.6 Å². The summed E-state index contributed by atoms with van der Waals surface area (Å²) in [5.74, 6) is -1.22. The van der Waals surface area contributed by atoms with Gasteiger partial charge in [-0.1, -0.05) is 35.9 Å². The molecule has 0 radical (unpaired) electrons. The zero-order valence-electron chi connectivity index (χ0n) is 24.7. The fraction of sp³-hybridized carbons (Fsp3) is 0.212. The molecule has 4 rings (SSSR count). The fourth-order valence-electron chi connectivity index (χ4n) is 5.05. The second kappa shape index (κ2) is 13.4. The Balaban J connectivity index is 2.03. The Morgan fingerprint density at radius 1 is 0.933 bits per heavy atom. The van der Waals surface area contributed by atoms with Crippen molar-refractivity contribution in [3.63, 3.8) is 0 Å².